The van der Waals surface area contributed by atoms with Crippen LogP contribution < -0.4 is 11.5 Å². The Hall–Kier alpha value is -2.87. The van der Waals surface area contributed by atoms with E-state index in [1.165, 1.54) is 18.5 Å². The van der Waals surface area contributed by atoms with Gasteiger partial charge in [0, 0.05) is 18.7 Å². The third-order valence-electron chi connectivity index (χ3n) is 4.38. The molecule has 1 heterocycles. The number of aliphatic hydroxyl groups is 2. The van der Waals surface area contributed by atoms with Crippen LogP contribution in [-0.4, -0.2) is 39.9 Å². The van der Waals surface area contributed by atoms with Crippen molar-refractivity contribution < 1.29 is 14.6 Å². The normalized spacial score (nSPS) is 10.9. The number of aliphatic hydroxyl groups excluding tert-OH is 2. The molecule has 0 saturated carbocycles. The van der Waals surface area contributed by atoms with Crippen LogP contribution in [0.4, 0.5) is 10.2 Å². The number of hydrogen-bond acceptors (Lipinski definition) is 6. The predicted octanol–water partition coefficient (Wildman–Crippen LogP) is 3.47. The van der Waals surface area contributed by atoms with Gasteiger partial charge in [0.2, 0.25) is 0 Å². The molecule has 0 aliphatic carbocycles. The highest BCUT2D eigenvalue weighted by molar-refractivity contribution is 5.72. The van der Waals surface area contributed by atoms with Crippen molar-refractivity contribution in [3.05, 3.63) is 65.7 Å². The summed E-state index contributed by atoms with van der Waals surface area (Å²) in [4.78, 5) is 8.07. The van der Waals surface area contributed by atoms with Crippen LogP contribution in [0.25, 0.3) is 22.4 Å². The minimum atomic E-state index is -0.322. The fourth-order valence-corrected chi connectivity index (χ4v) is 2.54. The minimum absolute atomic E-state index is 0.00926. The number of benzene rings is 2. The van der Waals surface area contributed by atoms with Crippen LogP contribution in [-0.2, 0) is 0 Å². The number of hydrogen-bond donors (Lipinski definition) is 4. The highest BCUT2D eigenvalue weighted by Gasteiger charge is 2.10. The molecule has 1 aromatic heterocycles. The first-order valence-electron chi connectivity index (χ1n) is 9.62. The Labute approximate surface area is 177 Å². The van der Waals surface area contributed by atoms with Gasteiger partial charge in [-0.1, -0.05) is 36.8 Å². The third-order valence-corrected chi connectivity index (χ3v) is 4.38. The lowest BCUT2D eigenvalue weighted by Crippen LogP contribution is -2.22. The van der Waals surface area contributed by atoms with Crippen molar-refractivity contribution >= 4 is 5.82 Å². The summed E-state index contributed by atoms with van der Waals surface area (Å²) in [6.07, 6.45) is 3.76. The monoisotopic (exact) mass is 414 g/mol. The average Bonchev–Trinajstić information content (AvgIpc) is 2.77. The van der Waals surface area contributed by atoms with Crippen molar-refractivity contribution in [2.24, 2.45) is 5.73 Å². The van der Waals surface area contributed by atoms with E-state index in [0.717, 1.165) is 35.8 Å². The van der Waals surface area contributed by atoms with E-state index in [1.54, 1.807) is 6.07 Å². The number of nitrogens with zero attached hydrogens (tertiary/aromatic N) is 2. The molecule has 3 rings (SSSR count). The molecule has 3 aromatic rings. The maximum Gasteiger partial charge on any atom is 0.141 e. The van der Waals surface area contributed by atoms with E-state index in [4.69, 9.17) is 21.7 Å². The maximum absolute atomic E-state index is 14.5. The van der Waals surface area contributed by atoms with Gasteiger partial charge in [-0.2, -0.15) is 0 Å². The molecule has 1 atom stereocenters. The number of halogens is 1. The van der Waals surface area contributed by atoms with Gasteiger partial charge in [0.1, 0.15) is 11.6 Å². The molecule has 0 bridgehead atoms. The fraction of sp³-hybridized carbons (Fsp3) is 0.304. The Kier molecular flexibility index (Phi) is 10.6. The number of nitrogens with two attached hydrogens (primary N) is 2. The van der Waals surface area contributed by atoms with Crippen molar-refractivity contribution in [1.82, 2.24) is 9.97 Å². The molecule has 162 valence electrons. The van der Waals surface area contributed by atoms with Crippen LogP contribution in [0.5, 0.6) is 0 Å². The Morgan fingerprint density at radius 2 is 1.70 bits per heavy atom. The fourth-order valence-electron chi connectivity index (χ4n) is 2.54. The number of aryl methyl sites for hydroxylation is 2. The van der Waals surface area contributed by atoms with Gasteiger partial charge in [-0.05, 0) is 49.1 Å². The summed E-state index contributed by atoms with van der Waals surface area (Å²) in [5, 5.41) is 15.2. The van der Waals surface area contributed by atoms with Gasteiger partial charge < -0.3 is 21.7 Å². The quantitative estimate of drug-likeness (QED) is 0.519. The summed E-state index contributed by atoms with van der Waals surface area (Å²) in [6.45, 7) is 6.10. The predicted molar refractivity (Wildman–Crippen MR) is 120 cm³/mol. The molecule has 2 aromatic carbocycles. The second-order valence-electron chi connectivity index (χ2n) is 6.69. The van der Waals surface area contributed by atoms with Crippen molar-refractivity contribution in [3.8, 4) is 22.4 Å². The standard InChI is InChI=1S/C18H16FN3.C4H11NO.CH4O/c1-11-3-4-12(2)15(7-11)13-5-6-14(16(19)8-13)17-9-22-18(20)10-21-17;1-2-4(5)3-6;1-2/h3-10H,1-2H3,(H2,20,22);4,6H,2-3,5H2,1H3;2H,1H3. The summed E-state index contributed by atoms with van der Waals surface area (Å²) >= 11 is 0. The molecular formula is C23H31FN4O2. The molecule has 0 radical (unpaired) electrons. The Morgan fingerprint density at radius 1 is 1.00 bits per heavy atom. The van der Waals surface area contributed by atoms with E-state index in [2.05, 4.69) is 16.0 Å². The largest absolute Gasteiger partial charge is 0.400 e. The van der Waals surface area contributed by atoms with Gasteiger partial charge in [-0.25, -0.2) is 9.37 Å². The second-order valence-corrected chi connectivity index (χ2v) is 6.69. The third kappa shape index (κ3) is 7.18. The minimum Gasteiger partial charge on any atom is -0.400 e. The highest BCUT2D eigenvalue weighted by Crippen LogP contribution is 2.29. The molecule has 1 unspecified atom stereocenters. The van der Waals surface area contributed by atoms with Crippen LogP contribution in [0.15, 0.2) is 48.8 Å². The average molecular weight is 415 g/mol. The first-order valence-corrected chi connectivity index (χ1v) is 9.62. The summed E-state index contributed by atoms with van der Waals surface area (Å²) in [5.41, 5.74) is 15.8. The second kappa shape index (κ2) is 12.6. The molecule has 6 N–H and O–H groups in total. The van der Waals surface area contributed by atoms with Crippen molar-refractivity contribution in [1.29, 1.82) is 0 Å². The summed E-state index contributed by atoms with van der Waals surface area (Å²) in [7, 11) is 1.00. The SMILES string of the molecule is CCC(N)CO.CO.Cc1ccc(C)c(-c2ccc(-c3cnc(N)cn3)c(F)c2)c1. The van der Waals surface area contributed by atoms with Gasteiger partial charge in [-0.15, -0.1) is 0 Å². The number of nitrogen functional groups attached to an aromatic ring is 1. The first-order chi connectivity index (χ1) is 14.3. The maximum atomic E-state index is 14.5. The molecule has 7 heteroatoms. The van der Waals surface area contributed by atoms with Crippen LogP contribution in [0.3, 0.4) is 0 Å². The van der Waals surface area contributed by atoms with Crippen molar-refractivity contribution in [2.45, 2.75) is 33.2 Å². The molecule has 0 saturated heterocycles. The van der Waals surface area contributed by atoms with E-state index in [1.807, 2.05) is 39.0 Å². The molecule has 0 amide bonds. The van der Waals surface area contributed by atoms with Gasteiger partial charge in [0.25, 0.3) is 0 Å². The Morgan fingerprint density at radius 3 is 2.20 bits per heavy atom. The molecule has 30 heavy (non-hydrogen) atoms. The van der Waals surface area contributed by atoms with Gasteiger partial charge in [0.15, 0.2) is 0 Å². The number of aromatic nitrogens is 2. The zero-order chi connectivity index (χ0) is 22.7. The van der Waals surface area contributed by atoms with Gasteiger partial charge in [0.05, 0.1) is 24.7 Å². The number of rotatable bonds is 4. The lowest BCUT2D eigenvalue weighted by molar-refractivity contribution is 0.263. The van der Waals surface area contributed by atoms with Crippen LogP contribution >= 0.6 is 0 Å². The highest BCUT2D eigenvalue weighted by atomic mass is 19.1. The molecule has 0 aliphatic rings. The number of anilines is 1. The summed E-state index contributed by atoms with van der Waals surface area (Å²) in [6, 6.07) is 11.3. The van der Waals surface area contributed by atoms with E-state index >= 15 is 0 Å². The van der Waals surface area contributed by atoms with Crippen molar-refractivity contribution in [3.63, 3.8) is 0 Å². The van der Waals surface area contributed by atoms with E-state index in [-0.39, 0.29) is 18.5 Å². The lowest BCUT2D eigenvalue weighted by atomic mass is 9.97. The first kappa shape index (κ1) is 25.2. The Bertz CT molecular complexity index is 914. The van der Waals surface area contributed by atoms with E-state index in [0.29, 0.717) is 17.1 Å². The van der Waals surface area contributed by atoms with Crippen LogP contribution in [0, 0.1) is 19.7 Å². The Balaban J connectivity index is 0.000000487. The lowest BCUT2D eigenvalue weighted by Gasteiger charge is -2.09. The van der Waals surface area contributed by atoms with Crippen molar-refractivity contribution in [2.75, 3.05) is 19.5 Å². The smallest absolute Gasteiger partial charge is 0.141 e. The van der Waals surface area contributed by atoms with E-state index < -0.39 is 0 Å². The van der Waals surface area contributed by atoms with Crippen LogP contribution in [0.2, 0.25) is 0 Å². The molecule has 0 spiro atoms. The zero-order valence-electron chi connectivity index (χ0n) is 17.9. The van der Waals surface area contributed by atoms with Gasteiger partial charge in [-0.3, -0.25) is 4.98 Å². The zero-order valence-corrected chi connectivity index (χ0v) is 17.9. The molecule has 0 aliphatic heterocycles. The van der Waals surface area contributed by atoms with E-state index in [9.17, 15) is 4.39 Å². The molecular weight excluding hydrogens is 383 g/mol. The topological polar surface area (TPSA) is 118 Å². The molecule has 0 fully saturated rings. The van der Waals surface area contributed by atoms with Crippen LogP contribution in [0.1, 0.15) is 24.5 Å². The summed E-state index contributed by atoms with van der Waals surface area (Å²) in [5.74, 6) is -0.00589. The summed E-state index contributed by atoms with van der Waals surface area (Å²) < 4.78 is 14.5. The van der Waals surface area contributed by atoms with Gasteiger partial charge >= 0.3 is 0 Å². The molecule has 6 nitrogen and oxygen atoms in total.